The van der Waals surface area contributed by atoms with Crippen molar-refractivity contribution in [3.63, 3.8) is 0 Å². The summed E-state index contributed by atoms with van der Waals surface area (Å²) < 4.78 is 10.0. The lowest BCUT2D eigenvalue weighted by Gasteiger charge is -2.10. The Morgan fingerprint density at radius 1 is 1.40 bits per heavy atom. The molecule has 1 rings (SSSR count). The molecule has 0 aliphatic rings. The van der Waals surface area contributed by atoms with E-state index in [1.807, 2.05) is 0 Å². The number of methoxy groups -OCH3 is 2. The molecule has 0 saturated heterocycles. The van der Waals surface area contributed by atoms with Crippen LogP contribution in [-0.2, 0) is 0 Å². The van der Waals surface area contributed by atoms with E-state index in [0.29, 0.717) is 17.1 Å². The van der Waals surface area contributed by atoms with E-state index in [1.165, 1.54) is 14.2 Å². The Labute approximate surface area is 92.9 Å². The summed E-state index contributed by atoms with van der Waals surface area (Å²) in [5, 5.41) is 0. The summed E-state index contributed by atoms with van der Waals surface area (Å²) in [6.07, 6.45) is 0. The van der Waals surface area contributed by atoms with Crippen LogP contribution >= 0.6 is 11.6 Å². The first-order chi connectivity index (χ1) is 7.10. The number of Topliss-reactive ketones (excluding diaryl/α,β-unsaturated/α-hetero) is 1. The highest BCUT2D eigenvalue weighted by Crippen LogP contribution is 2.25. The van der Waals surface area contributed by atoms with Crippen LogP contribution in [0.5, 0.6) is 11.5 Å². The Balaban J connectivity index is 3.13. The van der Waals surface area contributed by atoms with E-state index in [-0.39, 0.29) is 5.78 Å². The highest BCUT2D eigenvalue weighted by molar-refractivity contribution is 6.33. The second-order valence-corrected chi connectivity index (χ2v) is 3.30. The molecule has 2 N–H and O–H groups in total. The molecule has 1 aromatic carbocycles. The second-order valence-electron chi connectivity index (χ2n) is 2.83. The molecule has 0 amide bonds. The first kappa shape index (κ1) is 11.8. The third-order valence-electron chi connectivity index (χ3n) is 1.92. The Hall–Kier alpha value is -1.26. The van der Waals surface area contributed by atoms with Gasteiger partial charge in [-0.3, -0.25) is 4.79 Å². The van der Waals surface area contributed by atoms with Crippen molar-refractivity contribution in [2.75, 3.05) is 14.2 Å². The lowest BCUT2D eigenvalue weighted by molar-refractivity contribution is 0.0985. The van der Waals surface area contributed by atoms with Crippen LogP contribution in [0.4, 0.5) is 0 Å². The van der Waals surface area contributed by atoms with Gasteiger partial charge in [-0.1, -0.05) is 11.6 Å². The largest absolute Gasteiger partial charge is 0.497 e. The Kier molecular flexibility index (Phi) is 3.94. The number of ketones is 1. The molecule has 0 spiro atoms. The number of ether oxygens (including phenoxy) is 2. The van der Waals surface area contributed by atoms with E-state index in [9.17, 15) is 4.79 Å². The summed E-state index contributed by atoms with van der Waals surface area (Å²) in [6.45, 7) is 0. The fourth-order valence-corrected chi connectivity index (χ4v) is 1.27. The number of nitrogens with two attached hydrogens (primary N) is 1. The van der Waals surface area contributed by atoms with Gasteiger partial charge in [-0.15, -0.1) is 0 Å². The average molecular weight is 230 g/mol. The molecular weight excluding hydrogens is 218 g/mol. The van der Waals surface area contributed by atoms with E-state index in [0.717, 1.165) is 0 Å². The van der Waals surface area contributed by atoms with Gasteiger partial charge in [0.1, 0.15) is 17.0 Å². The lowest BCUT2D eigenvalue weighted by Crippen LogP contribution is -2.24. The fourth-order valence-electron chi connectivity index (χ4n) is 1.15. The minimum Gasteiger partial charge on any atom is -0.497 e. The van der Waals surface area contributed by atoms with E-state index in [1.54, 1.807) is 18.2 Å². The zero-order chi connectivity index (χ0) is 11.4. The highest BCUT2D eigenvalue weighted by atomic mass is 35.5. The Morgan fingerprint density at radius 2 is 2.07 bits per heavy atom. The standard InChI is InChI=1S/C10H12ClNO3/c1-14-6-3-4-7(8(5-6)15-2)9(13)10(11)12/h3-5,10H,12H2,1-2H3. The third-order valence-corrected chi connectivity index (χ3v) is 2.12. The van der Waals surface area contributed by atoms with Gasteiger partial charge in [-0.05, 0) is 12.1 Å². The molecule has 1 aromatic rings. The number of halogens is 1. The minimum absolute atomic E-state index is 0.348. The Bertz CT molecular complexity index is 366. The van der Waals surface area contributed by atoms with E-state index >= 15 is 0 Å². The molecule has 5 heteroatoms. The molecule has 0 aliphatic heterocycles. The van der Waals surface area contributed by atoms with Crippen LogP contribution in [0.15, 0.2) is 18.2 Å². The number of carbonyl (C=O) groups excluding carboxylic acids is 1. The predicted molar refractivity (Wildman–Crippen MR) is 57.7 cm³/mol. The smallest absolute Gasteiger partial charge is 0.198 e. The summed E-state index contributed by atoms with van der Waals surface area (Å²) in [4.78, 5) is 11.5. The van der Waals surface area contributed by atoms with Crippen molar-refractivity contribution < 1.29 is 14.3 Å². The zero-order valence-corrected chi connectivity index (χ0v) is 9.25. The maximum Gasteiger partial charge on any atom is 0.198 e. The van der Waals surface area contributed by atoms with Crippen LogP contribution in [0.25, 0.3) is 0 Å². The molecule has 4 nitrogen and oxygen atoms in total. The summed E-state index contributed by atoms with van der Waals surface area (Å²) in [7, 11) is 2.99. The van der Waals surface area contributed by atoms with Crippen molar-refractivity contribution in [2.45, 2.75) is 5.50 Å². The molecule has 0 radical (unpaired) electrons. The molecule has 0 fully saturated rings. The van der Waals surface area contributed by atoms with Crippen molar-refractivity contribution in [2.24, 2.45) is 5.73 Å². The van der Waals surface area contributed by atoms with Crippen LogP contribution < -0.4 is 15.2 Å². The topological polar surface area (TPSA) is 61.5 Å². The fraction of sp³-hybridized carbons (Fsp3) is 0.300. The molecule has 0 heterocycles. The summed E-state index contributed by atoms with van der Waals surface area (Å²) in [5.74, 6) is 0.623. The Morgan fingerprint density at radius 3 is 2.53 bits per heavy atom. The summed E-state index contributed by atoms with van der Waals surface area (Å²) in [6, 6.07) is 4.82. The molecule has 15 heavy (non-hydrogen) atoms. The van der Waals surface area contributed by atoms with Crippen LogP contribution in [0.3, 0.4) is 0 Å². The maximum absolute atomic E-state index is 11.5. The first-order valence-electron chi connectivity index (χ1n) is 4.26. The molecule has 1 atom stereocenters. The van der Waals surface area contributed by atoms with Gasteiger partial charge in [0, 0.05) is 6.07 Å². The van der Waals surface area contributed by atoms with Crippen molar-refractivity contribution in [1.29, 1.82) is 0 Å². The number of alkyl halides is 1. The summed E-state index contributed by atoms with van der Waals surface area (Å²) in [5.41, 5.74) is 4.58. The SMILES string of the molecule is COc1ccc(C(=O)C(N)Cl)c(OC)c1. The number of rotatable bonds is 4. The quantitative estimate of drug-likeness (QED) is 0.482. The van der Waals surface area contributed by atoms with Gasteiger partial charge in [0.05, 0.1) is 19.8 Å². The van der Waals surface area contributed by atoms with Gasteiger partial charge in [0.25, 0.3) is 0 Å². The van der Waals surface area contributed by atoms with Gasteiger partial charge in [-0.25, -0.2) is 0 Å². The van der Waals surface area contributed by atoms with Gasteiger partial charge in [0.2, 0.25) is 0 Å². The molecule has 0 saturated carbocycles. The molecule has 82 valence electrons. The van der Waals surface area contributed by atoms with E-state index in [2.05, 4.69) is 0 Å². The van der Waals surface area contributed by atoms with Crippen LogP contribution in [0, 0.1) is 0 Å². The molecule has 0 bridgehead atoms. The van der Waals surface area contributed by atoms with Gasteiger partial charge in [0.15, 0.2) is 5.78 Å². The predicted octanol–water partition coefficient (Wildman–Crippen LogP) is 1.41. The molecule has 0 aliphatic carbocycles. The minimum atomic E-state index is -1.06. The van der Waals surface area contributed by atoms with Gasteiger partial charge < -0.3 is 15.2 Å². The number of hydrogen-bond donors (Lipinski definition) is 1. The average Bonchev–Trinajstić information content (AvgIpc) is 2.27. The van der Waals surface area contributed by atoms with Gasteiger partial charge in [-0.2, -0.15) is 0 Å². The van der Waals surface area contributed by atoms with E-state index in [4.69, 9.17) is 26.8 Å². The number of carbonyl (C=O) groups is 1. The zero-order valence-electron chi connectivity index (χ0n) is 8.49. The highest BCUT2D eigenvalue weighted by Gasteiger charge is 2.17. The molecule has 1 unspecified atom stereocenters. The first-order valence-corrected chi connectivity index (χ1v) is 4.69. The van der Waals surface area contributed by atoms with Crippen molar-refractivity contribution >= 4 is 17.4 Å². The lowest BCUT2D eigenvalue weighted by atomic mass is 10.1. The third kappa shape index (κ3) is 2.61. The van der Waals surface area contributed by atoms with E-state index < -0.39 is 5.50 Å². The van der Waals surface area contributed by atoms with Crippen LogP contribution in [0.1, 0.15) is 10.4 Å². The number of benzene rings is 1. The molecular formula is C10H12ClNO3. The van der Waals surface area contributed by atoms with Gasteiger partial charge >= 0.3 is 0 Å². The van der Waals surface area contributed by atoms with Crippen molar-refractivity contribution in [3.8, 4) is 11.5 Å². The molecule has 0 aromatic heterocycles. The maximum atomic E-state index is 11.5. The monoisotopic (exact) mass is 229 g/mol. The number of hydrogen-bond acceptors (Lipinski definition) is 4. The van der Waals surface area contributed by atoms with Crippen LogP contribution in [0.2, 0.25) is 0 Å². The van der Waals surface area contributed by atoms with Crippen molar-refractivity contribution in [1.82, 2.24) is 0 Å². The normalized spacial score (nSPS) is 12.0. The summed E-state index contributed by atoms with van der Waals surface area (Å²) >= 11 is 5.51. The van der Waals surface area contributed by atoms with Crippen molar-refractivity contribution in [3.05, 3.63) is 23.8 Å². The second kappa shape index (κ2) is 5.00. The van der Waals surface area contributed by atoms with Crippen LogP contribution in [-0.4, -0.2) is 25.5 Å².